The molecule has 0 aromatic carbocycles. The lowest BCUT2D eigenvalue weighted by Gasteiger charge is -1.97. The lowest BCUT2D eigenvalue weighted by Crippen LogP contribution is -2.19. The summed E-state index contributed by atoms with van der Waals surface area (Å²) in [7, 11) is 0. The van der Waals surface area contributed by atoms with Crippen molar-refractivity contribution in [1.29, 1.82) is 0 Å². The molecule has 0 radical (unpaired) electrons. The van der Waals surface area contributed by atoms with Gasteiger partial charge in [-0.3, -0.25) is 0 Å². The van der Waals surface area contributed by atoms with E-state index in [9.17, 15) is 0 Å². The Morgan fingerprint density at radius 2 is 2.33 bits per heavy atom. The first-order valence-electron chi connectivity index (χ1n) is 6.25. The van der Waals surface area contributed by atoms with Gasteiger partial charge in [0.2, 0.25) is 5.89 Å². The molecule has 2 heterocycles. The zero-order valence-electron chi connectivity index (χ0n) is 10.3. The number of aromatic nitrogens is 3. The standard InChI is InChI=1S/C12H16N4OS/c1-8-7-18-12(14-8)6-10-15-11(17-16-10)4-5-13-9-2-3-9/h7,9,13H,2-6H2,1H3. The smallest absolute Gasteiger partial charge is 0.227 e. The van der Waals surface area contributed by atoms with Crippen molar-refractivity contribution in [3.8, 4) is 0 Å². The van der Waals surface area contributed by atoms with Gasteiger partial charge in [0.1, 0.15) is 5.01 Å². The summed E-state index contributed by atoms with van der Waals surface area (Å²) in [6.45, 7) is 2.91. The van der Waals surface area contributed by atoms with Crippen molar-refractivity contribution in [2.24, 2.45) is 0 Å². The van der Waals surface area contributed by atoms with Gasteiger partial charge in [0.15, 0.2) is 5.82 Å². The van der Waals surface area contributed by atoms with Crippen LogP contribution in [0.25, 0.3) is 0 Å². The monoisotopic (exact) mass is 264 g/mol. The molecule has 1 aliphatic rings. The molecule has 0 unspecified atom stereocenters. The zero-order valence-corrected chi connectivity index (χ0v) is 11.2. The van der Waals surface area contributed by atoms with Crippen LogP contribution in [0.2, 0.25) is 0 Å². The van der Waals surface area contributed by atoms with Gasteiger partial charge in [-0.15, -0.1) is 11.3 Å². The molecule has 1 saturated carbocycles. The van der Waals surface area contributed by atoms with Crippen LogP contribution >= 0.6 is 11.3 Å². The van der Waals surface area contributed by atoms with Crippen LogP contribution < -0.4 is 5.32 Å². The lowest BCUT2D eigenvalue weighted by molar-refractivity contribution is 0.371. The SMILES string of the molecule is Cc1csc(Cc2noc(CCNC3CC3)n2)n1. The first-order chi connectivity index (χ1) is 8.79. The molecule has 0 saturated heterocycles. The van der Waals surface area contributed by atoms with Crippen LogP contribution in [-0.4, -0.2) is 27.7 Å². The van der Waals surface area contributed by atoms with Crippen molar-refractivity contribution >= 4 is 11.3 Å². The Balaban J connectivity index is 1.52. The van der Waals surface area contributed by atoms with Crippen LogP contribution in [0.15, 0.2) is 9.90 Å². The predicted molar refractivity (Wildman–Crippen MR) is 68.7 cm³/mol. The van der Waals surface area contributed by atoms with Crippen LogP contribution in [-0.2, 0) is 12.8 Å². The zero-order chi connectivity index (χ0) is 12.4. The Morgan fingerprint density at radius 3 is 3.06 bits per heavy atom. The van der Waals surface area contributed by atoms with E-state index in [1.165, 1.54) is 12.8 Å². The summed E-state index contributed by atoms with van der Waals surface area (Å²) in [6.07, 6.45) is 4.08. The van der Waals surface area contributed by atoms with Crippen LogP contribution in [0.4, 0.5) is 0 Å². The highest BCUT2D eigenvalue weighted by molar-refractivity contribution is 7.09. The molecule has 0 aliphatic heterocycles. The summed E-state index contributed by atoms with van der Waals surface area (Å²) in [5, 5.41) is 10.5. The van der Waals surface area contributed by atoms with Gasteiger partial charge in [-0.05, 0) is 19.8 Å². The van der Waals surface area contributed by atoms with Crippen LogP contribution in [0.5, 0.6) is 0 Å². The Morgan fingerprint density at radius 1 is 1.44 bits per heavy atom. The topological polar surface area (TPSA) is 63.8 Å². The number of rotatable bonds is 6. The van der Waals surface area contributed by atoms with Crippen molar-refractivity contribution in [2.45, 2.75) is 38.6 Å². The molecule has 96 valence electrons. The van der Waals surface area contributed by atoms with Gasteiger partial charge in [0.05, 0.1) is 6.42 Å². The van der Waals surface area contributed by atoms with Crippen molar-refractivity contribution < 1.29 is 4.52 Å². The minimum Gasteiger partial charge on any atom is -0.339 e. The number of hydrogen-bond acceptors (Lipinski definition) is 6. The third-order valence-electron chi connectivity index (χ3n) is 2.84. The molecule has 0 spiro atoms. The second kappa shape index (κ2) is 5.16. The minimum atomic E-state index is 0.665. The second-order valence-corrected chi connectivity index (χ2v) is 5.58. The summed E-state index contributed by atoms with van der Waals surface area (Å²) >= 11 is 1.64. The summed E-state index contributed by atoms with van der Waals surface area (Å²) in [4.78, 5) is 8.77. The predicted octanol–water partition coefficient (Wildman–Crippen LogP) is 1.72. The maximum absolute atomic E-state index is 5.22. The third-order valence-corrected chi connectivity index (χ3v) is 3.80. The molecule has 1 aliphatic carbocycles. The summed E-state index contributed by atoms with van der Waals surface area (Å²) < 4.78 is 5.22. The van der Waals surface area contributed by atoms with E-state index in [1.54, 1.807) is 11.3 Å². The number of nitrogens with zero attached hydrogens (tertiary/aromatic N) is 3. The summed E-state index contributed by atoms with van der Waals surface area (Å²) in [5.41, 5.74) is 1.05. The molecule has 1 N–H and O–H groups in total. The molecule has 2 aromatic heterocycles. The average molecular weight is 264 g/mol. The van der Waals surface area contributed by atoms with E-state index in [0.29, 0.717) is 12.3 Å². The van der Waals surface area contributed by atoms with Crippen molar-refractivity contribution in [2.75, 3.05) is 6.54 Å². The first kappa shape index (κ1) is 11.8. The first-order valence-corrected chi connectivity index (χ1v) is 7.13. The second-order valence-electron chi connectivity index (χ2n) is 4.64. The van der Waals surface area contributed by atoms with E-state index in [2.05, 4.69) is 20.4 Å². The van der Waals surface area contributed by atoms with Crippen molar-refractivity contribution in [3.05, 3.63) is 27.8 Å². The van der Waals surface area contributed by atoms with Crippen LogP contribution in [0.3, 0.4) is 0 Å². The van der Waals surface area contributed by atoms with Crippen molar-refractivity contribution in [3.63, 3.8) is 0 Å². The summed E-state index contributed by atoms with van der Waals surface area (Å²) in [5.74, 6) is 1.44. The lowest BCUT2D eigenvalue weighted by atomic mass is 10.4. The summed E-state index contributed by atoms with van der Waals surface area (Å²) in [6, 6.07) is 0.727. The number of nitrogens with one attached hydrogen (secondary N) is 1. The molecule has 3 rings (SSSR count). The highest BCUT2D eigenvalue weighted by Gasteiger charge is 2.20. The normalized spacial score (nSPS) is 15.2. The molecule has 1 fully saturated rings. The highest BCUT2D eigenvalue weighted by atomic mass is 32.1. The fraction of sp³-hybridized carbons (Fsp3) is 0.583. The number of hydrogen-bond donors (Lipinski definition) is 1. The maximum Gasteiger partial charge on any atom is 0.227 e. The molecule has 0 atom stereocenters. The molecular weight excluding hydrogens is 248 g/mol. The average Bonchev–Trinajstić information content (AvgIpc) is 2.92. The number of thiazole rings is 1. The Hall–Kier alpha value is -1.27. The number of aryl methyl sites for hydroxylation is 1. The fourth-order valence-corrected chi connectivity index (χ4v) is 2.52. The Labute approximate surface area is 110 Å². The Bertz CT molecular complexity index is 518. The van der Waals surface area contributed by atoms with Gasteiger partial charge in [0, 0.05) is 30.1 Å². The molecule has 0 bridgehead atoms. The van der Waals surface area contributed by atoms with E-state index < -0.39 is 0 Å². The van der Waals surface area contributed by atoms with E-state index in [4.69, 9.17) is 4.52 Å². The molecule has 5 nitrogen and oxygen atoms in total. The van der Waals surface area contributed by atoms with Gasteiger partial charge in [0.25, 0.3) is 0 Å². The van der Waals surface area contributed by atoms with Crippen LogP contribution in [0, 0.1) is 6.92 Å². The highest BCUT2D eigenvalue weighted by Crippen LogP contribution is 2.18. The Kier molecular flexibility index (Phi) is 3.38. The quantitative estimate of drug-likeness (QED) is 0.860. The van der Waals surface area contributed by atoms with Crippen molar-refractivity contribution in [1.82, 2.24) is 20.4 Å². The third kappa shape index (κ3) is 3.14. The van der Waals surface area contributed by atoms with E-state index >= 15 is 0 Å². The fourth-order valence-electron chi connectivity index (χ4n) is 1.75. The van der Waals surface area contributed by atoms with Crippen LogP contribution in [0.1, 0.15) is 35.3 Å². The van der Waals surface area contributed by atoms with Gasteiger partial charge in [-0.1, -0.05) is 5.16 Å². The van der Waals surface area contributed by atoms with Gasteiger partial charge in [-0.2, -0.15) is 4.98 Å². The van der Waals surface area contributed by atoms with E-state index in [0.717, 1.165) is 35.5 Å². The molecule has 0 amide bonds. The van der Waals surface area contributed by atoms with Gasteiger partial charge < -0.3 is 9.84 Å². The maximum atomic E-state index is 5.22. The largest absolute Gasteiger partial charge is 0.339 e. The molecule has 18 heavy (non-hydrogen) atoms. The van der Waals surface area contributed by atoms with Gasteiger partial charge in [-0.25, -0.2) is 4.98 Å². The van der Waals surface area contributed by atoms with E-state index in [-0.39, 0.29) is 0 Å². The van der Waals surface area contributed by atoms with Gasteiger partial charge >= 0.3 is 0 Å². The molecule has 2 aromatic rings. The molecule has 6 heteroatoms. The van der Waals surface area contributed by atoms with E-state index in [1.807, 2.05) is 12.3 Å². The molecular formula is C12H16N4OS. The minimum absolute atomic E-state index is 0.665.